The van der Waals surface area contributed by atoms with Crippen molar-refractivity contribution in [3.63, 3.8) is 0 Å². The van der Waals surface area contributed by atoms with Crippen LogP contribution >= 0.6 is 0 Å². The van der Waals surface area contributed by atoms with Crippen molar-refractivity contribution in [2.75, 3.05) is 0 Å². The van der Waals surface area contributed by atoms with Gasteiger partial charge in [-0.25, -0.2) is 0 Å². The molecule has 0 saturated carbocycles. The summed E-state index contributed by atoms with van der Waals surface area (Å²) < 4.78 is 0. The summed E-state index contributed by atoms with van der Waals surface area (Å²) in [6.07, 6.45) is 8.15. The monoisotopic (exact) mass is 169 g/mol. The fourth-order valence-corrected chi connectivity index (χ4v) is 1.20. The molecule has 0 rings (SSSR count). The van der Waals surface area contributed by atoms with Crippen molar-refractivity contribution in [1.82, 2.24) is 0 Å². The lowest BCUT2D eigenvalue weighted by Gasteiger charge is -1.98. The maximum absolute atomic E-state index is 11.2. The van der Waals surface area contributed by atoms with Crippen LogP contribution in [-0.4, -0.2) is 5.78 Å². The summed E-state index contributed by atoms with van der Waals surface area (Å²) in [6.45, 7) is 5.91. The Morgan fingerprint density at radius 3 is 2.17 bits per heavy atom. The molecule has 1 heteroatoms. The summed E-state index contributed by atoms with van der Waals surface area (Å²) in [5, 5.41) is 0. The van der Waals surface area contributed by atoms with E-state index in [1.54, 1.807) is 0 Å². The van der Waals surface area contributed by atoms with Gasteiger partial charge < -0.3 is 0 Å². The molecule has 0 N–H and O–H groups in total. The first-order valence-corrected chi connectivity index (χ1v) is 5.12. The number of hydrogen-bond acceptors (Lipinski definition) is 1. The number of Topliss-reactive ketones (excluding diaryl/α,β-unsaturated/α-hetero) is 1. The van der Waals surface area contributed by atoms with E-state index in [9.17, 15) is 4.79 Å². The fraction of sp³-hybridized carbons (Fsp3) is 0.818. The maximum atomic E-state index is 11.2. The molecule has 0 fully saturated rings. The van der Waals surface area contributed by atoms with Crippen molar-refractivity contribution in [3.8, 4) is 0 Å². The molecule has 0 atom stereocenters. The van der Waals surface area contributed by atoms with E-state index in [-0.39, 0.29) is 0 Å². The van der Waals surface area contributed by atoms with Crippen molar-refractivity contribution < 1.29 is 4.79 Å². The molecule has 0 saturated heterocycles. The molecule has 12 heavy (non-hydrogen) atoms. The van der Waals surface area contributed by atoms with E-state index >= 15 is 0 Å². The van der Waals surface area contributed by atoms with Crippen LogP contribution < -0.4 is 0 Å². The van der Waals surface area contributed by atoms with Crippen LogP contribution in [0.3, 0.4) is 0 Å². The Morgan fingerprint density at radius 2 is 1.67 bits per heavy atom. The normalized spacial score (nSPS) is 10.2. The van der Waals surface area contributed by atoms with Crippen LogP contribution in [0.5, 0.6) is 0 Å². The van der Waals surface area contributed by atoms with E-state index in [1.807, 2.05) is 0 Å². The number of unbranched alkanes of at least 4 members (excludes halogenated alkanes) is 4. The van der Waals surface area contributed by atoms with E-state index in [2.05, 4.69) is 13.8 Å². The highest BCUT2D eigenvalue weighted by Crippen LogP contribution is 2.05. The molecule has 1 radical (unpaired) electrons. The average molecular weight is 169 g/mol. The number of carbonyl (C=O) groups is 1. The van der Waals surface area contributed by atoms with Crippen LogP contribution in [0.4, 0.5) is 0 Å². The molecule has 0 aromatic rings. The molecule has 0 aromatic carbocycles. The summed E-state index contributed by atoms with van der Waals surface area (Å²) in [5.74, 6) is 0.442. The van der Waals surface area contributed by atoms with Crippen LogP contribution in [0.1, 0.15) is 58.3 Å². The van der Waals surface area contributed by atoms with Crippen LogP contribution in [0, 0.1) is 6.92 Å². The maximum Gasteiger partial charge on any atom is 0.132 e. The molecular formula is C11H21O. The highest BCUT2D eigenvalue weighted by Gasteiger charge is 1.99. The number of hydrogen-bond donors (Lipinski definition) is 0. The predicted octanol–water partition coefficient (Wildman–Crippen LogP) is 3.53. The minimum Gasteiger partial charge on any atom is -0.300 e. The fourth-order valence-electron chi connectivity index (χ4n) is 1.20. The largest absolute Gasteiger partial charge is 0.300 e. The average Bonchev–Trinajstić information content (AvgIpc) is 2.06. The van der Waals surface area contributed by atoms with Gasteiger partial charge in [0.15, 0.2) is 0 Å². The molecule has 0 aromatic heterocycles. The standard InChI is InChI=1S/C11H21O/c1-3-5-7-9-11(12)10-8-6-4-2/h1,3-10H2,2H3. The zero-order valence-corrected chi connectivity index (χ0v) is 8.27. The summed E-state index contributed by atoms with van der Waals surface area (Å²) in [4.78, 5) is 11.2. The molecule has 0 bridgehead atoms. The highest BCUT2D eigenvalue weighted by atomic mass is 16.1. The van der Waals surface area contributed by atoms with Gasteiger partial charge in [-0.15, -0.1) is 0 Å². The quantitative estimate of drug-likeness (QED) is 0.508. The zero-order chi connectivity index (χ0) is 9.23. The van der Waals surface area contributed by atoms with Crippen molar-refractivity contribution in [1.29, 1.82) is 0 Å². The van der Waals surface area contributed by atoms with E-state index in [0.29, 0.717) is 5.78 Å². The lowest BCUT2D eigenvalue weighted by atomic mass is 10.1. The molecule has 0 heterocycles. The van der Waals surface area contributed by atoms with Gasteiger partial charge in [-0.05, 0) is 12.8 Å². The van der Waals surface area contributed by atoms with Crippen molar-refractivity contribution in [2.24, 2.45) is 0 Å². The molecule has 0 amide bonds. The van der Waals surface area contributed by atoms with Gasteiger partial charge in [0.05, 0.1) is 0 Å². The second kappa shape index (κ2) is 8.76. The lowest BCUT2D eigenvalue weighted by Crippen LogP contribution is -1.96. The van der Waals surface area contributed by atoms with Gasteiger partial charge in [0.1, 0.15) is 5.78 Å². The SMILES string of the molecule is [CH2]CCCCC(=O)CCCCC. The first kappa shape index (κ1) is 11.7. The summed E-state index contributed by atoms with van der Waals surface area (Å²) in [5.41, 5.74) is 0. The smallest absolute Gasteiger partial charge is 0.132 e. The third kappa shape index (κ3) is 7.77. The third-order valence-electron chi connectivity index (χ3n) is 2.01. The summed E-state index contributed by atoms with van der Waals surface area (Å²) in [7, 11) is 0. The number of rotatable bonds is 8. The van der Waals surface area contributed by atoms with Crippen LogP contribution in [0.25, 0.3) is 0 Å². The third-order valence-corrected chi connectivity index (χ3v) is 2.01. The van der Waals surface area contributed by atoms with E-state index in [1.165, 1.54) is 12.8 Å². The van der Waals surface area contributed by atoms with Crippen molar-refractivity contribution >= 4 is 5.78 Å². The van der Waals surface area contributed by atoms with E-state index in [0.717, 1.165) is 38.5 Å². The molecule has 1 nitrogen and oxygen atoms in total. The molecule has 0 spiro atoms. The number of carbonyl (C=O) groups excluding carboxylic acids is 1. The summed E-state index contributed by atoms with van der Waals surface area (Å²) in [6, 6.07) is 0. The highest BCUT2D eigenvalue weighted by molar-refractivity contribution is 5.78. The molecule has 71 valence electrons. The Kier molecular flexibility index (Phi) is 8.52. The molecular weight excluding hydrogens is 148 g/mol. The Balaban J connectivity index is 3.10. The molecule has 0 unspecified atom stereocenters. The van der Waals surface area contributed by atoms with Gasteiger partial charge >= 0.3 is 0 Å². The van der Waals surface area contributed by atoms with Gasteiger partial charge in [-0.2, -0.15) is 0 Å². The van der Waals surface area contributed by atoms with Crippen LogP contribution in [-0.2, 0) is 4.79 Å². The van der Waals surface area contributed by atoms with Gasteiger partial charge in [0.25, 0.3) is 0 Å². The van der Waals surface area contributed by atoms with E-state index in [4.69, 9.17) is 0 Å². The topological polar surface area (TPSA) is 17.1 Å². The zero-order valence-electron chi connectivity index (χ0n) is 8.27. The molecule has 0 aliphatic carbocycles. The van der Waals surface area contributed by atoms with Gasteiger partial charge in [-0.1, -0.05) is 39.5 Å². The second-order valence-corrected chi connectivity index (χ2v) is 3.31. The minimum absolute atomic E-state index is 0.442. The minimum atomic E-state index is 0.442. The van der Waals surface area contributed by atoms with E-state index < -0.39 is 0 Å². The second-order valence-electron chi connectivity index (χ2n) is 3.31. The van der Waals surface area contributed by atoms with Gasteiger partial charge in [0.2, 0.25) is 0 Å². The molecule has 0 aliphatic heterocycles. The Morgan fingerprint density at radius 1 is 1.08 bits per heavy atom. The van der Waals surface area contributed by atoms with Crippen molar-refractivity contribution in [2.45, 2.75) is 58.3 Å². The van der Waals surface area contributed by atoms with Crippen LogP contribution in [0.15, 0.2) is 0 Å². The summed E-state index contributed by atoms with van der Waals surface area (Å²) >= 11 is 0. The lowest BCUT2D eigenvalue weighted by molar-refractivity contribution is -0.119. The first-order chi connectivity index (χ1) is 5.81. The van der Waals surface area contributed by atoms with Crippen LogP contribution in [0.2, 0.25) is 0 Å². The Bertz CT molecular complexity index is 95.6. The predicted molar refractivity (Wildman–Crippen MR) is 53.0 cm³/mol. The van der Waals surface area contributed by atoms with Gasteiger partial charge in [-0.3, -0.25) is 4.79 Å². The first-order valence-electron chi connectivity index (χ1n) is 5.12. The Hall–Kier alpha value is -0.330. The molecule has 0 aliphatic rings. The number of ketones is 1. The van der Waals surface area contributed by atoms with Crippen molar-refractivity contribution in [3.05, 3.63) is 6.92 Å². The van der Waals surface area contributed by atoms with Gasteiger partial charge in [0, 0.05) is 12.8 Å². The Labute approximate surface area is 76.6 Å².